The van der Waals surface area contributed by atoms with Crippen LogP contribution in [0.15, 0.2) is 41.6 Å². The highest BCUT2D eigenvalue weighted by molar-refractivity contribution is 7.92. The van der Waals surface area contributed by atoms with Crippen LogP contribution in [0.25, 0.3) is 0 Å². The van der Waals surface area contributed by atoms with Gasteiger partial charge in [-0.2, -0.15) is 0 Å². The van der Waals surface area contributed by atoms with E-state index in [4.69, 9.17) is 4.74 Å². The Morgan fingerprint density at radius 3 is 2.48 bits per heavy atom. The predicted octanol–water partition coefficient (Wildman–Crippen LogP) is 3.54. The Kier molecular flexibility index (Phi) is 5.53. The smallest absolute Gasteiger partial charge is 0.263 e. The van der Waals surface area contributed by atoms with E-state index in [-0.39, 0.29) is 16.6 Å². The summed E-state index contributed by atoms with van der Waals surface area (Å²) in [5, 5.41) is 0. The molecule has 1 aromatic heterocycles. The normalized spacial score (nSPS) is 15.7. The lowest BCUT2D eigenvalue weighted by Crippen LogP contribution is -2.18. The molecule has 0 amide bonds. The van der Waals surface area contributed by atoms with Crippen molar-refractivity contribution in [3.05, 3.63) is 42.2 Å². The van der Waals surface area contributed by atoms with Crippen molar-refractivity contribution in [1.29, 1.82) is 0 Å². The highest BCUT2D eigenvalue weighted by Crippen LogP contribution is 2.26. The summed E-state index contributed by atoms with van der Waals surface area (Å²) in [7, 11) is -3.73. The number of hydrogen-bond acceptors (Lipinski definition) is 5. The van der Waals surface area contributed by atoms with E-state index in [9.17, 15) is 8.42 Å². The average Bonchev–Trinajstić information content (AvgIpc) is 2.62. The highest BCUT2D eigenvalue weighted by atomic mass is 32.2. The fourth-order valence-electron chi connectivity index (χ4n) is 2.96. The molecule has 0 atom stereocenters. The average molecular weight is 361 g/mol. The van der Waals surface area contributed by atoms with E-state index < -0.39 is 10.0 Å². The van der Waals surface area contributed by atoms with Crippen molar-refractivity contribution in [2.24, 2.45) is 5.92 Å². The second-order valence-corrected chi connectivity index (χ2v) is 8.13. The minimum Gasteiger partial charge on any atom is -0.475 e. The molecule has 1 N–H and O–H groups in total. The zero-order valence-corrected chi connectivity index (χ0v) is 15.1. The third-order valence-corrected chi connectivity index (χ3v) is 5.76. The van der Waals surface area contributed by atoms with E-state index >= 15 is 0 Å². The standard InChI is InChI=1S/C18H23N3O3S/c1-14-7-9-16(10-8-14)25(22,23)21-17-18(20-12-11-19-17)24-13-15-5-3-2-4-6-15/h7-12,15H,2-6,13H2,1H3,(H,19,21). The maximum atomic E-state index is 12.5. The first kappa shape index (κ1) is 17.7. The molecular weight excluding hydrogens is 338 g/mol. The summed E-state index contributed by atoms with van der Waals surface area (Å²) in [6, 6.07) is 6.64. The molecule has 1 aliphatic rings. The summed E-state index contributed by atoms with van der Waals surface area (Å²) in [4.78, 5) is 8.42. The summed E-state index contributed by atoms with van der Waals surface area (Å²) in [6.07, 6.45) is 8.96. The van der Waals surface area contributed by atoms with Crippen LogP contribution in [0.2, 0.25) is 0 Å². The van der Waals surface area contributed by atoms with Gasteiger partial charge in [-0.05, 0) is 37.8 Å². The van der Waals surface area contributed by atoms with Gasteiger partial charge in [0.25, 0.3) is 15.9 Å². The molecule has 2 aromatic rings. The molecular formula is C18H23N3O3S. The number of rotatable bonds is 6. The maximum absolute atomic E-state index is 12.5. The largest absolute Gasteiger partial charge is 0.475 e. The molecule has 0 saturated heterocycles. The van der Waals surface area contributed by atoms with Crippen LogP contribution in [-0.4, -0.2) is 25.0 Å². The van der Waals surface area contributed by atoms with Crippen LogP contribution >= 0.6 is 0 Å². The minimum atomic E-state index is -3.73. The Morgan fingerprint density at radius 1 is 1.08 bits per heavy atom. The molecule has 6 nitrogen and oxygen atoms in total. The third kappa shape index (κ3) is 4.69. The molecule has 0 radical (unpaired) electrons. The SMILES string of the molecule is Cc1ccc(S(=O)(=O)Nc2nccnc2OCC2CCCCC2)cc1. The van der Waals surface area contributed by atoms with Crippen LogP contribution in [0, 0.1) is 12.8 Å². The van der Waals surface area contributed by atoms with Crippen LogP contribution in [0.4, 0.5) is 5.82 Å². The predicted molar refractivity (Wildman–Crippen MR) is 96.1 cm³/mol. The second kappa shape index (κ2) is 7.82. The van der Waals surface area contributed by atoms with Gasteiger partial charge < -0.3 is 4.74 Å². The lowest BCUT2D eigenvalue weighted by molar-refractivity contribution is 0.203. The lowest BCUT2D eigenvalue weighted by atomic mass is 9.90. The molecule has 7 heteroatoms. The Morgan fingerprint density at radius 2 is 1.76 bits per heavy atom. The van der Waals surface area contributed by atoms with E-state index in [0.29, 0.717) is 12.5 Å². The molecule has 1 fully saturated rings. The van der Waals surface area contributed by atoms with Crippen molar-refractivity contribution >= 4 is 15.8 Å². The molecule has 1 aliphatic carbocycles. The Bertz CT molecular complexity index is 801. The number of hydrogen-bond donors (Lipinski definition) is 1. The topological polar surface area (TPSA) is 81.2 Å². The van der Waals surface area contributed by atoms with Crippen LogP contribution in [-0.2, 0) is 10.0 Å². The number of aryl methyl sites for hydroxylation is 1. The van der Waals surface area contributed by atoms with E-state index in [1.807, 2.05) is 6.92 Å². The second-order valence-electron chi connectivity index (χ2n) is 6.44. The van der Waals surface area contributed by atoms with E-state index in [1.54, 1.807) is 24.3 Å². The zero-order valence-electron chi connectivity index (χ0n) is 14.3. The fraction of sp³-hybridized carbons (Fsp3) is 0.444. The van der Waals surface area contributed by atoms with Crippen molar-refractivity contribution in [3.8, 4) is 5.88 Å². The van der Waals surface area contributed by atoms with Gasteiger partial charge in [0.1, 0.15) is 0 Å². The molecule has 25 heavy (non-hydrogen) atoms. The van der Waals surface area contributed by atoms with Gasteiger partial charge in [-0.3, -0.25) is 4.72 Å². The highest BCUT2D eigenvalue weighted by Gasteiger charge is 2.20. The van der Waals surface area contributed by atoms with Crippen LogP contribution in [0.5, 0.6) is 5.88 Å². The number of benzene rings is 1. The van der Waals surface area contributed by atoms with Crippen LogP contribution in [0.3, 0.4) is 0 Å². The lowest BCUT2D eigenvalue weighted by Gasteiger charge is -2.21. The number of ether oxygens (including phenoxy) is 1. The van der Waals surface area contributed by atoms with Gasteiger partial charge in [0, 0.05) is 12.4 Å². The molecule has 0 spiro atoms. The summed E-state index contributed by atoms with van der Waals surface area (Å²) < 4.78 is 33.3. The Hall–Kier alpha value is -2.15. The zero-order chi connectivity index (χ0) is 17.7. The first-order valence-corrected chi connectivity index (χ1v) is 10.1. The van der Waals surface area contributed by atoms with Crippen molar-refractivity contribution in [2.45, 2.75) is 43.9 Å². The van der Waals surface area contributed by atoms with Gasteiger partial charge in [-0.25, -0.2) is 18.4 Å². The van der Waals surface area contributed by atoms with Gasteiger partial charge in [0.2, 0.25) is 5.82 Å². The number of aromatic nitrogens is 2. The first-order valence-electron chi connectivity index (χ1n) is 8.58. The Labute approximate surface area is 148 Å². The maximum Gasteiger partial charge on any atom is 0.263 e. The molecule has 1 aromatic carbocycles. The number of nitrogens with zero attached hydrogens (tertiary/aromatic N) is 2. The third-order valence-electron chi connectivity index (χ3n) is 4.41. The van der Waals surface area contributed by atoms with E-state index in [1.165, 1.54) is 31.7 Å². The van der Waals surface area contributed by atoms with Gasteiger partial charge in [0.05, 0.1) is 11.5 Å². The first-order chi connectivity index (χ1) is 12.0. The van der Waals surface area contributed by atoms with Gasteiger partial charge in [-0.1, -0.05) is 37.0 Å². The monoisotopic (exact) mass is 361 g/mol. The van der Waals surface area contributed by atoms with Crippen molar-refractivity contribution in [1.82, 2.24) is 9.97 Å². The summed E-state index contributed by atoms with van der Waals surface area (Å²) in [5.41, 5.74) is 0.995. The minimum absolute atomic E-state index is 0.124. The molecule has 0 aliphatic heterocycles. The van der Waals surface area contributed by atoms with Crippen molar-refractivity contribution < 1.29 is 13.2 Å². The fourth-order valence-corrected chi connectivity index (χ4v) is 3.96. The van der Waals surface area contributed by atoms with Gasteiger partial charge in [-0.15, -0.1) is 0 Å². The molecule has 1 saturated carbocycles. The quantitative estimate of drug-likeness (QED) is 0.851. The molecule has 0 bridgehead atoms. The number of nitrogens with one attached hydrogen (secondary N) is 1. The van der Waals surface area contributed by atoms with Crippen molar-refractivity contribution in [3.63, 3.8) is 0 Å². The molecule has 134 valence electrons. The number of anilines is 1. The Balaban J connectivity index is 1.72. The van der Waals surface area contributed by atoms with Gasteiger partial charge >= 0.3 is 0 Å². The van der Waals surface area contributed by atoms with Crippen LogP contribution < -0.4 is 9.46 Å². The van der Waals surface area contributed by atoms with Gasteiger partial charge in [0.15, 0.2) is 0 Å². The molecule has 0 unspecified atom stereocenters. The number of sulfonamides is 1. The van der Waals surface area contributed by atoms with Crippen molar-refractivity contribution in [2.75, 3.05) is 11.3 Å². The summed E-state index contributed by atoms with van der Waals surface area (Å²) >= 11 is 0. The van der Waals surface area contributed by atoms with Crippen LogP contribution in [0.1, 0.15) is 37.7 Å². The van der Waals surface area contributed by atoms with E-state index in [2.05, 4.69) is 14.7 Å². The summed E-state index contributed by atoms with van der Waals surface area (Å²) in [5.74, 6) is 0.847. The van der Waals surface area contributed by atoms with E-state index in [0.717, 1.165) is 18.4 Å². The molecule has 1 heterocycles. The summed E-state index contributed by atoms with van der Waals surface area (Å²) in [6.45, 7) is 2.45. The molecule has 3 rings (SSSR count).